The number of benzene rings is 3. The first-order chi connectivity index (χ1) is 13.1. The van der Waals surface area contributed by atoms with Crippen LogP contribution in [-0.2, 0) is 7.05 Å². The molecular weight excluding hydrogens is 344 g/mol. The summed E-state index contributed by atoms with van der Waals surface area (Å²) in [6.07, 6.45) is -0.889. The molecule has 4 rings (SSSR count). The van der Waals surface area contributed by atoms with E-state index in [-0.39, 0.29) is 5.56 Å². The highest BCUT2D eigenvalue weighted by molar-refractivity contribution is 6.14. The Bertz CT molecular complexity index is 1060. The predicted octanol–water partition coefficient (Wildman–Crippen LogP) is 5.68. The van der Waals surface area contributed by atoms with Gasteiger partial charge in [-0.05, 0) is 12.1 Å². The van der Waals surface area contributed by atoms with Gasteiger partial charge in [0.2, 0.25) is 0 Å². The lowest BCUT2D eigenvalue weighted by molar-refractivity contribution is 0.153. The van der Waals surface area contributed by atoms with Gasteiger partial charge in [0.15, 0.2) is 0 Å². The first kappa shape index (κ1) is 17.1. The zero-order valence-electron chi connectivity index (χ0n) is 14.7. The molecule has 0 aliphatic heterocycles. The maximum absolute atomic E-state index is 13.6. The third kappa shape index (κ3) is 3.49. The van der Waals surface area contributed by atoms with E-state index in [0.29, 0.717) is 16.6 Å². The average molecular weight is 361 g/mol. The second-order valence-electron chi connectivity index (χ2n) is 6.27. The molecule has 0 amide bonds. The SMILES string of the molecule is Cn1cc2cc(N=C(c3ccccc3)c3ccccc3)cc(C(F)F)c2n1. The van der Waals surface area contributed by atoms with E-state index < -0.39 is 6.43 Å². The number of aliphatic imine (C=N–C) groups is 1. The maximum atomic E-state index is 13.6. The Morgan fingerprint density at radius 1 is 0.926 bits per heavy atom. The first-order valence-electron chi connectivity index (χ1n) is 8.57. The van der Waals surface area contributed by atoms with Gasteiger partial charge in [-0.1, -0.05) is 60.7 Å². The minimum absolute atomic E-state index is 0.104. The molecule has 0 unspecified atom stereocenters. The summed E-state index contributed by atoms with van der Waals surface area (Å²) in [5.41, 5.74) is 3.27. The van der Waals surface area contributed by atoms with Crippen molar-refractivity contribution >= 4 is 22.3 Å². The second-order valence-corrected chi connectivity index (χ2v) is 6.27. The average Bonchev–Trinajstić information content (AvgIpc) is 3.06. The molecule has 5 heteroatoms. The van der Waals surface area contributed by atoms with E-state index in [1.165, 1.54) is 6.07 Å². The number of aromatic nitrogens is 2. The summed E-state index contributed by atoms with van der Waals surface area (Å²) in [5.74, 6) is 0. The van der Waals surface area contributed by atoms with E-state index in [2.05, 4.69) is 5.10 Å². The van der Waals surface area contributed by atoms with Crippen LogP contribution in [0.1, 0.15) is 23.1 Å². The highest BCUT2D eigenvalue weighted by Crippen LogP contribution is 2.32. The predicted molar refractivity (Wildman–Crippen MR) is 104 cm³/mol. The molecule has 0 radical (unpaired) electrons. The van der Waals surface area contributed by atoms with Crippen molar-refractivity contribution < 1.29 is 8.78 Å². The standard InChI is InChI=1S/C22H17F2N3/c1-27-14-17-12-18(13-19(22(23)24)21(17)26-27)25-20(15-8-4-2-5-9-15)16-10-6-3-7-11-16/h2-14,22H,1H3. The number of halogens is 2. The molecule has 1 heterocycles. The van der Waals surface area contributed by atoms with Gasteiger partial charge in [0.1, 0.15) is 5.52 Å². The molecule has 3 aromatic carbocycles. The highest BCUT2D eigenvalue weighted by Gasteiger charge is 2.16. The molecular formula is C22H17F2N3. The van der Waals surface area contributed by atoms with Crippen LogP contribution in [0.25, 0.3) is 10.9 Å². The lowest BCUT2D eigenvalue weighted by Crippen LogP contribution is -2.02. The smallest absolute Gasteiger partial charge is 0.266 e. The van der Waals surface area contributed by atoms with E-state index in [9.17, 15) is 8.78 Å². The van der Waals surface area contributed by atoms with Crippen LogP contribution in [0.2, 0.25) is 0 Å². The molecule has 0 N–H and O–H groups in total. The van der Waals surface area contributed by atoms with Crippen molar-refractivity contribution in [3.63, 3.8) is 0 Å². The summed E-state index contributed by atoms with van der Waals surface area (Å²) >= 11 is 0. The van der Waals surface area contributed by atoms with Crippen molar-refractivity contribution in [2.75, 3.05) is 0 Å². The molecule has 0 bridgehead atoms. The Morgan fingerprint density at radius 3 is 2.07 bits per heavy atom. The quantitative estimate of drug-likeness (QED) is 0.430. The summed E-state index contributed by atoms with van der Waals surface area (Å²) in [6.45, 7) is 0. The summed E-state index contributed by atoms with van der Waals surface area (Å²) in [4.78, 5) is 4.75. The number of hydrogen-bond acceptors (Lipinski definition) is 2. The Kier molecular flexibility index (Phi) is 4.50. The monoisotopic (exact) mass is 361 g/mol. The first-order valence-corrected chi connectivity index (χ1v) is 8.57. The van der Waals surface area contributed by atoms with Gasteiger partial charge in [-0.25, -0.2) is 13.8 Å². The fraction of sp³-hybridized carbons (Fsp3) is 0.0909. The van der Waals surface area contributed by atoms with Crippen LogP contribution in [0.5, 0.6) is 0 Å². The van der Waals surface area contributed by atoms with Gasteiger partial charge in [-0.2, -0.15) is 5.10 Å². The highest BCUT2D eigenvalue weighted by atomic mass is 19.3. The van der Waals surface area contributed by atoms with Gasteiger partial charge in [0.25, 0.3) is 6.43 Å². The fourth-order valence-electron chi connectivity index (χ4n) is 3.11. The van der Waals surface area contributed by atoms with Crippen molar-refractivity contribution in [3.8, 4) is 0 Å². The van der Waals surface area contributed by atoms with E-state index >= 15 is 0 Å². The van der Waals surface area contributed by atoms with Crippen LogP contribution in [0.3, 0.4) is 0 Å². The Labute approximate surface area is 155 Å². The Morgan fingerprint density at radius 2 is 1.52 bits per heavy atom. The minimum Gasteiger partial charge on any atom is -0.275 e. The number of nitrogens with zero attached hydrogens (tertiary/aromatic N) is 3. The summed E-state index contributed by atoms with van der Waals surface area (Å²) < 4.78 is 28.7. The van der Waals surface area contributed by atoms with Gasteiger partial charge in [-0.3, -0.25) is 4.68 Å². The number of hydrogen-bond donors (Lipinski definition) is 0. The maximum Gasteiger partial charge on any atom is 0.266 e. The van der Waals surface area contributed by atoms with Crippen LogP contribution in [-0.4, -0.2) is 15.5 Å². The molecule has 3 nitrogen and oxygen atoms in total. The van der Waals surface area contributed by atoms with Crippen molar-refractivity contribution in [2.24, 2.45) is 12.0 Å². The number of rotatable bonds is 4. The molecule has 0 aliphatic rings. The fourth-order valence-corrected chi connectivity index (χ4v) is 3.11. The Balaban J connectivity index is 1.93. The molecule has 134 valence electrons. The third-order valence-electron chi connectivity index (χ3n) is 4.31. The van der Waals surface area contributed by atoms with Gasteiger partial charge in [0.05, 0.1) is 11.4 Å². The second kappa shape index (κ2) is 7.11. The number of aryl methyl sites for hydroxylation is 1. The molecule has 0 spiro atoms. The lowest BCUT2D eigenvalue weighted by atomic mass is 10.0. The zero-order valence-corrected chi connectivity index (χ0v) is 14.7. The van der Waals surface area contributed by atoms with Gasteiger partial charge < -0.3 is 0 Å². The molecule has 27 heavy (non-hydrogen) atoms. The van der Waals surface area contributed by atoms with Crippen LogP contribution in [0, 0.1) is 0 Å². The topological polar surface area (TPSA) is 30.2 Å². The van der Waals surface area contributed by atoms with Crippen LogP contribution < -0.4 is 0 Å². The van der Waals surface area contributed by atoms with E-state index in [1.807, 2.05) is 60.7 Å². The molecule has 0 aliphatic carbocycles. The number of alkyl halides is 2. The van der Waals surface area contributed by atoms with Crippen molar-refractivity contribution in [1.82, 2.24) is 9.78 Å². The summed E-state index contributed by atoms with van der Waals surface area (Å²) in [6, 6.07) is 22.7. The third-order valence-corrected chi connectivity index (χ3v) is 4.31. The van der Waals surface area contributed by atoms with E-state index in [4.69, 9.17) is 4.99 Å². The molecule has 0 fully saturated rings. The van der Waals surface area contributed by atoms with E-state index in [0.717, 1.165) is 16.8 Å². The van der Waals surface area contributed by atoms with Crippen molar-refractivity contribution in [2.45, 2.75) is 6.43 Å². The van der Waals surface area contributed by atoms with Crippen molar-refractivity contribution in [3.05, 3.63) is 95.7 Å². The van der Waals surface area contributed by atoms with Crippen LogP contribution >= 0.6 is 0 Å². The van der Waals surface area contributed by atoms with Crippen LogP contribution in [0.15, 0.2) is 84.0 Å². The molecule has 4 aromatic rings. The van der Waals surface area contributed by atoms with Gasteiger partial charge in [-0.15, -0.1) is 0 Å². The normalized spacial score (nSPS) is 11.1. The minimum atomic E-state index is -2.62. The largest absolute Gasteiger partial charge is 0.275 e. The molecule has 0 saturated heterocycles. The van der Waals surface area contributed by atoms with Gasteiger partial charge in [0, 0.05) is 35.3 Å². The van der Waals surface area contributed by atoms with Gasteiger partial charge >= 0.3 is 0 Å². The number of fused-ring (bicyclic) bond motifs is 1. The zero-order chi connectivity index (χ0) is 18.8. The summed E-state index contributed by atoms with van der Waals surface area (Å²) in [5, 5.41) is 4.81. The Hall–Kier alpha value is -3.34. The van der Waals surface area contributed by atoms with Crippen LogP contribution in [0.4, 0.5) is 14.5 Å². The van der Waals surface area contributed by atoms with E-state index in [1.54, 1.807) is 24.0 Å². The van der Waals surface area contributed by atoms with Crippen molar-refractivity contribution in [1.29, 1.82) is 0 Å². The molecule has 1 aromatic heterocycles. The summed E-state index contributed by atoms with van der Waals surface area (Å²) in [7, 11) is 1.72. The lowest BCUT2D eigenvalue weighted by Gasteiger charge is -2.09. The molecule has 0 saturated carbocycles. The molecule has 0 atom stereocenters.